The normalized spacial score (nSPS) is 22.0. The lowest BCUT2D eigenvalue weighted by Gasteiger charge is -2.02. The van der Waals surface area contributed by atoms with E-state index in [-0.39, 0.29) is 6.04 Å². The summed E-state index contributed by atoms with van der Waals surface area (Å²) < 4.78 is 5.40. The van der Waals surface area contributed by atoms with Crippen molar-refractivity contribution in [3.05, 3.63) is 17.8 Å². The van der Waals surface area contributed by atoms with E-state index in [4.69, 9.17) is 4.42 Å². The van der Waals surface area contributed by atoms with Crippen LogP contribution in [0.25, 0.3) is 0 Å². The number of oxazole rings is 1. The molecule has 1 atom stereocenters. The monoisotopic (exact) mass is 180 g/mol. The highest BCUT2D eigenvalue weighted by Crippen LogP contribution is 2.22. The molecule has 70 valence electrons. The molecule has 1 aromatic heterocycles. The fraction of sp³-hybridized carbons (Fsp3) is 0.556. The average Bonchev–Trinajstić information content (AvgIpc) is 2.70. The first-order valence-corrected chi connectivity index (χ1v) is 4.52. The minimum Gasteiger partial charge on any atom is -0.444 e. The van der Waals surface area contributed by atoms with Crippen molar-refractivity contribution < 1.29 is 9.21 Å². The highest BCUT2D eigenvalue weighted by Gasteiger charge is 2.20. The van der Waals surface area contributed by atoms with E-state index < -0.39 is 0 Å². The molecule has 1 aromatic rings. The van der Waals surface area contributed by atoms with Crippen LogP contribution in [0.4, 0.5) is 0 Å². The molecular weight excluding hydrogens is 168 g/mol. The van der Waals surface area contributed by atoms with Crippen molar-refractivity contribution in [1.29, 1.82) is 0 Å². The maximum absolute atomic E-state index is 10.2. The number of hydrogen-bond acceptors (Lipinski definition) is 4. The van der Waals surface area contributed by atoms with E-state index in [0.717, 1.165) is 25.7 Å². The number of carbonyl (C=O) groups is 1. The van der Waals surface area contributed by atoms with Gasteiger partial charge in [-0.05, 0) is 19.4 Å². The molecule has 1 fully saturated rings. The second kappa shape index (κ2) is 3.70. The topological polar surface area (TPSA) is 55.1 Å². The molecule has 0 aliphatic carbocycles. The first-order valence-electron chi connectivity index (χ1n) is 4.52. The summed E-state index contributed by atoms with van der Waals surface area (Å²) in [5.41, 5.74) is 0. The van der Waals surface area contributed by atoms with Crippen molar-refractivity contribution in [2.75, 3.05) is 6.54 Å². The minimum absolute atomic E-state index is 0.250. The Morgan fingerprint density at radius 3 is 3.38 bits per heavy atom. The molecule has 0 amide bonds. The molecular formula is C9H12N2O2. The van der Waals surface area contributed by atoms with Crippen molar-refractivity contribution in [2.45, 2.75) is 25.3 Å². The van der Waals surface area contributed by atoms with Crippen molar-refractivity contribution in [3.8, 4) is 0 Å². The summed E-state index contributed by atoms with van der Waals surface area (Å²) in [6.45, 7) is 1.02. The van der Waals surface area contributed by atoms with Crippen LogP contribution < -0.4 is 5.32 Å². The van der Waals surface area contributed by atoms with Gasteiger partial charge in [0.25, 0.3) is 0 Å². The zero-order chi connectivity index (χ0) is 9.10. The largest absolute Gasteiger partial charge is 0.444 e. The Morgan fingerprint density at radius 2 is 2.69 bits per heavy atom. The predicted octanol–water partition coefficient (Wildman–Crippen LogP) is 0.841. The van der Waals surface area contributed by atoms with E-state index in [9.17, 15) is 4.79 Å². The third kappa shape index (κ3) is 1.78. The van der Waals surface area contributed by atoms with Crippen molar-refractivity contribution in [2.24, 2.45) is 0 Å². The van der Waals surface area contributed by atoms with Crippen LogP contribution in [0.5, 0.6) is 0 Å². The molecule has 2 heterocycles. The molecule has 13 heavy (non-hydrogen) atoms. The molecule has 1 saturated heterocycles. The van der Waals surface area contributed by atoms with Gasteiger partial charge >= 0.3 is 0 Å². The summed E-state index contributed by atoms with van der Waals surface area (Å²) in [6.07, 6.45) is 5.01. The van der Waals surface area contributed by atoms with Gasteiger partial charge in [-0.1, -0.05) is 0 Å². The van der Waals surface area contributed by atoms with Gasteiger partial charge in [0.05, 0.1) is 18.7 Å². The molecule has 1 unspecified atom stereocenters. The summed E-state index contributed by atoms with van der Waals surface area (Å²) in [4.78, 5) is 14.3. The van der Waals surface area contributed by atoms with Gasteiger partial charge in [-0.25, -0.2) is 4.98 Å². The van der Waals surface area contributed by atoms with Gasteiger partial charge < -0.3 is 14.5 Å². The number of aromatic nitrogens is 1. The van der Waals surface area contributed by atoms with Crippen LogP contribution in [0.2, 0.25) is 0 Å². The molecule has 0 aromatic carbocycles. The minimum atomic E-state index is 0.250. The van der Waals surface area contributed by atoms with Gasteiger partial charge in [-0.3, -0.25) is 0 Å². The summed E-state index contributed by atoms with van der Waals surface area (Å²) in [5.74, 6) is 1.37. The Kier molecular flexibility index (Phi) is 2.40. The Labute approximate surface area is 76.3 Å². The van der Waals surface area contributed by atoms with Gasteiger partial charge in [0.15, 0.2) is 0 Å². The average molecular weight is 180 g/mol. The van der Waals surface area contributed by atoms with Gasteiger partial charge in [0, 0.05) is 0 Å². The third-order valence-electron chi connectivity index (χ3n) is 2.21. The molecule has 0 radical (unpaired) electrons. The van der Waals surface area contributed by atoms with Gasteiger partial charge in [-0.2, -0.15) is 0 Å². The highest BCUT2D eigenvalue weighted by molar-refractivity contribution is 5.52. The van der Waals surface area contributed by atoms with Gasteiger partial charge in [0.1, 0.15) is 12.0 Å². The molecule has 4 heteroatoms. The zero-order valence-corrected chi connectivity index (χ0v) is 7.32. The third-order valence-corrected chi connectivity index (χ3v) is 2.21. The smallest absolute Gasteiger partial charge is 0.211 e. The molecule has 1 aliphatic rings. The number of nitrogens with zero attached hydrogens (tertiary/aromatic N) is 1. The summed E-state index contributed by atoms with van der Waals surface area (Å²) in [5, 5.41) is 3.28. The van der Waals surface area contributed by atoms with Crippen LogP contribution >= 0.6 is 0 Å². The predicted molar refractivity (Wildman–Crippen MR) is 46.2 cm³/mol. The van der Waals surface area contributed by atoms with E-state index in [2.05, 4.69) is 10.3 Å². The molecule has 1 aliphatic heterocycles. The number of nitrogens with one attached hydrogen (secondary N) is 1. The quantitative estimate of drug-likeness (QED) is 0.700. The summed E-state index contributed by atoms with van der Waals surface area (Å²) in [7, 11) is 0. The van der Waals surface area contributed by atoms with Crippen LogP contribution in [0.15, 0.2) is 10.6 Å². The Balaban J connectivity index is 2.07. The van der Waals surface area contributed by atoms with Gasteiger partial charge in [-0.15, -0.1) is 0 Å². The van der Waals surface area contributed by atoms with Crippen LogP contribution in [-0.2, 0) is 11.2 Å². The standard InChI is InChI=1S/C9H12N2O2/c12-5-3-7-6-11-9(13-7)8-2-1-4-10-8/h5-6,8,10H,1-4H2. The first kappa shape index (κ1) is 8.44. The van der Waals surface area contributed by atoms with Crippen LogP contribution in [0, 0.1) is 0 Å². The summed E-state index contributed by atoms with van der Waals surface area (Å²) in [6, 6.07) is 0.250. The number of aldehydes is 1. The second-order valence-corrected chi connectivity index (χ2v) is 3.18. The zero-order valence-electron chi connectivity index (χ0n) is 7.32. The van der Waals surface area contributed by atoms with Crippen molar-refractivity contribution >= 4 is 6.29 Å². The molecule has 0 spiro atoms. The van der Waals surface area contributed by atoms with Crippen LogP contribution in [0.1, 0.15) is 30.5 Å². The summed E-state index contributed by atoms with van der Waals surface area (Å²) >= 11 is 0. The lowest BCUT2D eigenvalue weighted by atomic mass is 10.2. The van der Waals surface area contributed by atoms with E-state index in [0.29, 0.717) is 18.1 Å². The van der Waals surface area contributed by atoms with E-state index >= 15 is 0 Å². The molecule has 0 saturated carbocycles. The Morgan fingerprint density at radius 1 is 1.77 bits per heavy atom. The Hall–Kier alpha value is -1.16. The number of hydrogen-bond donors (Lipinski definition) is 1. The Bertz CT molecular complexity index is 290. The lowest BCUT2D eigenvalue weighted by Crippen LogP contribution is -2.12. The van der Waals surface area contributed by atoms with Crippen molar-refractivity contribution in [3.63, 3.8) is 0 Å². The van der Waals surface area contributed by atoms with E-state index in [1.807, 2.05) is 0 Å². The van der Waals surface area contributed by atoms with Crippen LogP contribution in [-0.4, -0.2) is 17.8 Å². The van der Waals surface area contributed by atoms with Crippen molar-refractivity contribution in [1.82, 2.24) is 10.3 Å². The van der Waals surface area contributed by atoms with E-state index in [1.54, 1.807) is 6.20 Å². The molecule has 1 N–H and O–H groups in total. The highest BCUT2D eigenvalue weighted by atomic mass is 16.4. The van der Waals surface area contributed by atoms with Gasteiger partial charge in [0.2, 0.25) is 5.89 Å². The number of rotatable bonds is 3. The molecule has 0 bridgehead atoms. The van der Waals surface area contributed by atoms with E-state index in [1.165, 1.54) is 0 Å². The first-order chi connectivity index (χ1) is 6.40. The molecule has 4 nitrogen and oxygen atoms in total. The second-order valence-electron chi connectivity index (χ2n) is 3.18. The number of carbonyl (C=O) groups excluding carboxylic acids is 1. The maximum Gasteiger partial charge on any atom is 0.211 e. The van der Waals surface area contributed by atoms with Crippen LogP contribution in [0.3, 0.4) is 0 Å². The SMILES string of the molecule is O=CCc1cnc(C2CCCN2)o1. The molecule has 2 rings (SSSR count). The maximum atomic E-state index is 10.2. The lowest BCUT2D eigenvalue weighted by molar-refractivity contribution is -0.107. The fourth-order valence-corrected chi connectivity index (χ4v) is 1.56. The fourth-order valence-electron chi connectivity index (χ4n) is 1.56.